The quantitative estimate of drug-likeness (QED) is 0.748. The zero-order valence-electron chi connectivity index (χ0n) is 13.5. The summed E-state index contributed by atoms with van der Waals surface area (Å²) in [7, 11) is 0. The lowest BCUT2D eigenvalue weighted by molar-refractivity contribution is 0.0504. The van der Waals surface area contributed by atoms with E-state index in [1.165, 1.54) is 0 Å². The third-order valence-electron chi connectivity index (χ3n) is 4.32. The molecule has 2 fully saturated rings. The van der Waals surface area contributed by atoms with Crippen LogP contribution < -0.4 is 10.6 Å². The molecule has 2 unspecified atom stereocenters. The van der Waals surface area contributed by atoms with E-state index in [4.69, 9.17) is 4.74 Å². The number of carbonyl (C=O) groups excluding carboxylic acids is 1. The zero-order chi connectivity index (χ0) is 15.5. The number of amides is 1. The predicted octanol–water partition coefficient (Wildman–Crippen LogP) is 2.33. The van der Waals surface area contributed by atoms with Crippen LogP contribution in [0.1, 0.15) is 65.7 Å². The van der Waals surface area contributed by atoms with Gasteiger partial charge in [0.1, 0.15) is 5.60 Å². The number of nitrogens with one attached hydrogen (secondary N) is 2. The van der Waals surface area contributed by atoms with Crippen molar-refractivity contribution in [3.05, 3.63) is 0 Å². The van der Waals surface area contributed by atoms with E-state index in [0.29, 0.717) is 12.1 Å². The highest BCUT2D eigenvalue weighted by Crippen LogP contribution is 2.24. The normalized spacial score (nSPS) is 33.7. The summed E-state index contributed by atoms with van der Waals surface area (Å²) in [5.41, 5.74) is -0.441. The Bertz CT molecular complexity index is 346. The molecule has 0 radical (unpaired) electrons. The third kappa shape index (κ3) is 5.83. The number of rotatable bonds is 3. The summed E-state index contributed by atoms with van der Waals surface area (Å²) in [6.45, 7) is 5.63. The van der Waals surface area contributed by atoms with Crippen molar-refractivity contribution in [2.45, 2.75) is 95.5 Å². The van der Waals surface area contributed by atoms with E-state index >= 15 is 0 Å². The lowest BCUT2D eigenvalue weighted by atomic mass is 9.92. The van der Waals surface area contributed by atoms with Crippen LogP contribution in [0.4, 0.5) is 4.79 Å². The molecule has 3 N–H and O–H groups in total. The third-order valence-corrected chi connectivity index (χ3v) is 4.32. The zero-order valence-corrected chi connectivity index (χ0v) is 13.5. The molecule has 0 aromatic heterocycles. The molecular formula is C16H30N2O3. The van der Waals surface area contributed by atoms with Crippen LogP contribution >= 0.6 is 0 Å². The molecule has 0 saturated heterocycles. The average molecular weight is 298 g/mol. The van der Waals surface area contributed by atoms with Gasteiger partial charge < -0.3 is 20.5 Å². The van der Waals surface area contributed by atoms with Crippen molar-refractivity contribution in [1.29, 1.82) is 0 Å². The summed E-state index contributed by atoms with van der Waals surface area (Å²) in [6.07, 6.45) is 6.59. The van der Waals surface area contributed by atoms with Crippen molar-refractivity contribution >= 4 is 6.09 Å². The molecule has 2 rings (SSSR count). The fourth-order valence-electron chi connectivity index (χ4n) is 3.31. The molecule has 0 heterocycles. The SMILES string of the molecule is CC(C)(C)OC(=O)NC1CCC(NC2CCC(O)CC2)C1. The van der Waals surface area contributed by atoms with Crippen LogP contribution in [0.3, 0.4) is 0 Å². The van der Waals surface area contributed by atoms with Crippen LogP contribution in [0.25, 0.3) is 0 Å². The van der Waals surface area contributed by atoms with Crippen LogP contribution in [0.5, 0.6) is 0 Å². The second kappa shape index (κ2) is 6.97. The van der Waals surface area contributed by atoms with E-state index in [-0.39, 0.29) is 18.2 Å². The van der Waals surface area contributed by atoms with Gasteiger partial charge in [-0.05, 0) is 65.7 Å². The first-order valence-electron chi connectivity index (χ1n) is 8.25. The monoisotopic (exact) mass is 298 g/mol. The lowest BCUT2D eigenvalue weighted by Gasteiger charge is -2.29. The Balaban J connectivity index is 1.67. The minimum atomic E-state index is -0.441. The molecule has 1 amide bonds. The molecule has 122 valence electrons. The Morgan fingerprint density at radius 2 is 1.57 bits per heavy atom. The van der Waals surface area contributed by atoms with E-state index < -0.39 is 5.60 Å². The number of aliphatic hydroxyl groups is 1. The van der Waals surface area contributed by atoms with Gasteiger partial charge in [-0.15, -0.1) is 0 Å². The highest BCUT2D eigenvalue weighted by Gasteiger charge is 2.30. The van der Waals surface area contributed by atoms with Gasteiger partial charge in [0.25, 0.3) is 0 Å². The molecule has 2 atom stereocenters. The largest absolute Gasteiger partial charge is 0.444 e. The maximum Gasteiger partial charge on any atom is 0.407 e. The van der Waals surface area contributed by atoms with Crippen LogP contribution in [0, 0.1) is 0 Å². The van der Waals surface area contributed by atoms with Gasteiger partial charge in [0.15, 0.2) is 0 Å². The topological polar surface area (TPSA) is 70.6 Å². The maximum absolute atomic E-state index is 11.8. The Kier molecular flexibility index (Phi) is 5.49. The number of hydrogen-bond donors (Lipinski definition) is 3. The molecule has 0 bridgehead atoms. The lowest BCUT2D eigenvalue weighted by Crippen LogP contribution is -2.42. The molecule has 0 aromatic rings. The second-order valence-electron chi connectivity index (χ2n) is 7.53. The Labute approximate surface area is 127 Å². The molecule has 0 aliphatic heterocycles. The van der Waals surface area contributed by atoms with Gasteiger partial charge in [-0.25, -0.2) is 4.79 Å². The highest BCUT2D eigenvalue weighted by atomic mass is 16.6. The molecule has 5 nitrogen and oxygen atoms in total. The molecule has 5 heteroatoms. The highest BCUT2D eigenvalue weighted by molar-refractivity contribution is 5.68. The first kappa shape index (κ1) is 16.6. The molecule has 2 saturated carbocycles. The van der Waals surface area contributed by atoms with Gasteiger partial charge in [-0.2, -0.15) is 0 Å². The van der Waals surface area contributed by atoms with Crippen molar-refractivity contribution in [3.63, 3.8) is 0 Å². The number of aliphatic hydroxyl groups excluding tert-OH is 1. The second-order valence-corrected chi connectivity index (χ2v) is 7.53. The minimum Gasteiger partial charge on any atom is -0.444 e. The van der Waals surface area contributed by atoms with E-state index in [9.17, 15) is 9.90 Å². The van der Waals surface area contributed by atoms with Crippen LogP contribution in [-0.4, -0.2) is 41.0 Å². The molecule has 21 heavy (non-hydrogen) atoms. The van der Waals surface area contributed by atoms with Crippen molar-refractivity contribution < 1.29 is 14.6 Å². The van der Waals surface area contributed by atoms with Gasteiger partial charge in [0.05, 0.1) is 6.10 Å². The van der Waals surface area contributed by atoms with Gasteiger partial charge >= 0.3 is 6.09 Å². The van der Waals surface area contributed by atoms with Crippen LogP contribution in [0.2, 0.25) is 0 Å². The van der Waals surface area contributed by atoms with Crippen LogP contribution in [0.15, 0.2) is 0 Å². The average Bonchev–Trinajstić information content (AvgIpc) is 2.77. The molecule has 2 aliphatic carbocycles. The predicted molar refractivity (Wildman–Crippen MR) is 82.2 cm³/mol. The first-order chi connectivity index (χ1) is 9.82. The summed E-state index contributed by atoms with van der Waals surface area (Å²) in [4.78, 5) is 11.8. The fourth-order valence-corrected chi connectivity index (χ4v) is 3.31. The first-order valence-corrected chi connectivity index (χ1v) is 8.25. The minimum absolute atomic E-state index is 0.104. The van der Waals surface area contributed by atoms with Gasteiger partial charge in [-0.3, -0.25) is 0 Å². The van der Waals surface area contributed by atoms with Crippen LogP contribution in [-0.2, 0) is 4.74 Å². The number of alkyl carbamates (subject to hydrolysis) is 1. The van der Waals surface area contributed by atoms with Crippen molar-refractivity contribution in [1.82, 2.24) is 10.6 Å². The summed E-state index contributed by atoms with van der Waals surface area (Å²) in [5.74, 6) is 0. The van der Waals surface area contributed by atoms with Crippen molar-refractivity contribution in [3.8, 4) is 0 Å². The molecule has 2 aliphatic rings. The number of carbonyl (C=O) groups is 1. The Hall–Kier alpha value is -0.810. The van der Waals surface area contributed by atoms with E-state index in [0.717, 1.165) is 44.9 Å². The maximum atomic E-state index is 11.8. The summed E-state index contributed by atoms with van der Waals surface area (Å²) in [6, 6.07) is 1.22. The van der Waals surface area contributed by atoms with E-state index in [2.05, 4.69) is 10.6 Å². The smallest absolute Gasteiger partial charge is 0.407 e. The summed E-state index contributed by atoms with van der Waals surface area (Å²) < 4.78 is 5.30. The van der Waals surface area contributed by atoms with Crippen molar-refractivity contribution in [2.75, 3.05) is 0 Å². The van der Waals surface area contributed by atoms with E-state index in [1.807, 2.05) is 20.8 Å². The van der Waals surface area contributed by atoms with Crippen molar-refractivity contribution in [2.24, 2.45) is 0 Å². The Morgan fingerprint density at radius 1 is 1.00 bits per heavy atom. The van der Waals surface area contributed by atoms with Gasteiger partial charge in [-0.1, -0.05) is 0 Å². The molecule has 0 spiro atoms. The molecule has 0 aromatic carbocycles. The number of ether oxygens (including phenoxy) is 1. The summed E-state index contributed by atoms with van der Waals surface area (Å²) in [5, 5.41) is 16.2. The standard InChI is InChI=1S/C16H30N2O3/c1-16(2,3)21-15(20)18-13-5-4-12(10-13)17-11-6-8-14(19)9-7-11/h11-14,17,19H,4-10H2,1-3H3,(H,18,20). The van der Waals surface area contributed by atoms with Gasteiger partial charge in [0, 0.05) is 18.1 Å². The number of hydrogen-bond acceptors (Lipinski definition) is 4. The fraction of sp³-hybridized carbons (Fsp3) is 0.938. The van der Waals surface area contributed by atoms with Gasteiger partial charge in [0.2, 0.25) is 0 Å². The Morgan fingerprint density at radius 3 is 2.19 bits per heavy atom. The van der Waals surface area contributed by atoms with E-state index in [1.54, 1.807) is 0 Å². The summed E-state index contributed by atoms with van der Waals surface area (Å²) >= 11 is 0. The molecular weight excluding hydrogens is 268 g/mol.